The van der Waals surface area contributed by atoms with Crippen LogP contribution in [0.25, 0.3) is 0 Å². The van der Waals surface area contributed by atoms with Crippen molar-refractivity contribution in [3.8, 4) is 0 Å². The van der Waals surface area contributed by atoms with Gasteiger partial charge in [0.15, 0.2) is 0 Å². The number of halogens is 2. The molecular formula is C13H20ClFN2O2S. The van der Waals surface area contributed by atoms with Crippen LogP contribution in [0.3, 0.4) is 0 Å². The van der Waals surface area contributed by atoms with E-state index in [4.69, 9.17) is 5.73 Å². The first-order chi connectivity index (χ1) is 8.78. The SMILES string of the molecule is Cc1cc(F)ccc1S(=O)(=O)N1CCC(C)(CN)C1.Cl. The van der Waals surface area contributed by atoms with Gasteiger partial charge in [-0.2, -0.15) is 4.31 Å². The number of hydrogen-bond acceptors (Lipinski definition) is 3. The summed E-state index contributed by atoms with van der Waals surface area (Å²) in [6, 6.07) is 3.75. The van der Waals surface area contributed by atoms with E-state index in [1.165, 1.54) is 22.5 Å². The van der Waals surface area contributed by atoms with Crippen molar-refractivity contribution >= 4 is 22.4 Å². The first kappa shape index (κ1) is 17.4. The number of rotatable bonds is 3. The van der Waals surface area contributed by atoms with E-state index in [0.29, 0.717) is 25.2 Å². The molecule has 0 saturated carbocycles. The first-order valence-electron chi connectivity index (χ1n) is 6.25. The second-order valence-corrected chi connectivity index (χ2v) is 7.42. The number of nitrogens with zero attached hydrogens (tertiary/aromatic N) is 1. The number of sulfonamides is 1. The molecule has 1 unspecified atom stereocenters. The van der Waals surface area contributed by atoms with Crippen molar-refractivity contribution in [1.82, 2.24) is 4.31 Å². The smallest absolute Gasteiger partial charge is 0.243 e. The molecule has 1 fully saturated rings. The Morgan fingerprint density at radius 2 is 2.10 bits per heavy atom. The standard InChI is InChI=1S/C13H19FN2O2S.ClH/c1-10-7-11(14)3-4-12(10)19(17,18)16-6-5-13(2,8-15)9-16;/h3-4,7H,5-6,8-9,15H2,1-2H3;1H. The molecule has 1 aromatic carbocycles. The fourth-order valence-electron chi connectivity index (χ4n) is 2.39. The predicted octanol–water partition coefficient (Wildman–Crippen LogP) is 1.92. The molecule has 0 aliphatic carbocycles. The summed E-state index contributed by atoms with van der Waals surface area (Å²) in [5, 5.41) is 0. The second-order valence-electron chi connectivity index (χ2n) is 5.51. The Bertz CT molecular complexity index is 594. The van der Waals surface area contributed by atoms with E-state index in [1.54, 1.807) is 6.92 Å². The molecular weight excluding hydrogens is 303 g/mol. The van der Waals surface area contributed by atoms with Gasteiger partial charge >= 0.3 is 0 Å². The second kappa shape index (κ2) is 5.97. The van der Waals surface area contributed by atoms with Crippen LogP contribution >= 0.6 is 12.4 Å². The molecule has 1 saturated heterocycles. The van der Waals surface area contributed by atoms with E-state index in [9.17, 15) is 12.8 Å². The molecule has 0 aromatic heterocycles. The van der Waals surface area contributed by atoms with E-state index in [1.807, 2.05) is 6.92 Å². The monoisotopic (exact) mass is 322 g/mol. The Morgan fingerprint density at radius 1 is 1.45 bits per heavy atom. The van der Waals surface area contributed by atoms with Crippen LogP contribution in [0.15, 0.2) is 23.1 Å². The zero-order valence-corrected chi connectivity index (χ0v) is 13.2. The van der Waals surface area contributed by atoms with Crippen LogP contribution in [0, 0.1) is 18.2 Å². The van der Waals surface area contributed by atoms with Crippen molar-refractivity contribution in [2.45, 2.75) is 25.2 Å². The highest BCUT2D eigenvalue weighted by Crippen LogP contribution is 2.33. The number of benzene rings is 1. The first-order valence-corrected chi connectivity index (χ1v) is 7.69. The van der Waals surface area contributed by atoms with Gasteiger partial charge in [0, 0.05) is 13.1 Å². The molecule has 1 aromatic rings. The topological polar surface area (TPSA) is 63.4 Å². The van der Waals surface area contributed by atoms with E-state index in [-0.39, 0.29) is 22.7 Å². The highest BCUT2D eigenvalue weighted by atomic mass is 35.5. The summed E-state index contributed by atoms with van der Waals surface area (Å²) in [7, 11) is -3.56. The lowest BCUT2D eigenvalue weighted by atomic mass is 9.90. The Morgan fingerprint density at radius 3 is 2.60 bits per heavy atom. The fourth-order valence-corrected chi connectivity index (χ4v) is 4.19. The molecule has 1 aliphatic rings. The maximum atomic E-state index is 13.1. The Balaban J connectivity index is 0.00000200. The van der Waals surface area contributed by atoms with Gasteiger partial charge in [0.1, 0.15) is 5.82 Å². The van der Waals surface area contributed by atoms with E-state index in [2.05, 4.69) is 0 Å². The van der Waals surface area contributed by atoms with Crippen molar-refractivity contribution in [1.29, 1.82) is 0 Å². The Labute approximate surface area is 125 Å². The molecule has 1 atom stereocenters. The molecule has 0 bridgehead atoms. The van der Waals surface area contributed by atoms with Crippen molar-refractivity contribution in [3.05, 3.63) is 29.6 Å². The van der Waals surface area contributed by atoms with Gasteiger partial charge in [-0.15, -0.1) is 12.4 Å². The summed E-state index contributed by atoms with van der Waals surface area (Å²) < 4.78 is 39.6. The quantitative estimate of drug-likeness (QED) is 0.924. The van der Waals surface area contributed by atoms with Gasteiger partial charge in [-0.3, -0.25) is 0 Å². The lowest BCUT2D eigenvalue weighted by Crippen LogP contribution is -2.34. The molecule has 2 N–H and O–H groups in total. The average Bonchev–Trinajstić information content (AvgIpc) is 2.73. The lowest BCUT2D eigenvalue weighted by molar-refractivity contribution is 0.349. The summed E-state index contributed by atoms with van der Waals surface area (Å²) in [4.78, 5) is 0.176. The maximum Gasteiger partial charge on any atom is 0.243 e. The highest BCUT2D eigenvalue weighted by Gasteiger charge is 2.39. The molecule has 7 heteroatoms. The van der Waals surface area contributed by atoms with Crippen LogP contribution in [0.1, 0.15) is 18.9 Å². The van der Waals surface area contributed by atoms with E-state index in [0.717, 1.165) is 6.42 Å². The molecule has 20 heavy (non-hydrogen) atoms. The third-order valence-corrected chi connectivity index (χ3v) is 5.78. The van der Waals surface area contributed by atoms with Crippen LogP contribution in [0.4, 0.5) is 4.39 Å². The largest absolute Gasteiger partial charge is 0.330 e. The van der Waals surface area contributed by atoms with Gasteiger partial charge < -0.3 is 5.73 Å². The third-order valence-electron chi connectivity index (χ3n) is 3.77. The molecule has 114 valence electrons. The maximum absolute atomic E-state index is 13.1. The normalized spacial score (nSPS) is 23.6. The minimum atomic E-state index is -3.56. The zero-order valence-electron chi connectivity index (χ0n) is 11.6. The van der Waals surface area contributed by atoms with Gasteiger partial charge in [0.2, 0.25) is 10.0 Å². The average molecular weight is 323 g/mol. The van der Waals surface area contributed by atoms with Crippen LogP contribution < -0.4 is 5.73 Å². The number of hydrogen-bond donors (Lipinski definition) is 1. The van der Waals surface area contributed by atoms with Gasteiger partial charge in [0.05, 0.1) is 4.90 Å². The number of nitrogens with two attached hydrogens (primary N) is 1. The molecule has 4 nitrogen and oxygen atoms in total. The summed E-state index contributed by atoms with van der Waals surface area (Å²) in [6.45, 7) is 4.94. The van der Waals surface area contributed by atoms with Crippen LogP contribution in [0.2, 0.25) is 0 Å². The minimum absolute atomic E-state index is 0. The van der Waals surface area contributed by atoms with Gasteiger partial charge in [-0.1, -0.05) is 6.92 Å². The molecule has 0 radical (unpaired) electrons. The molecule has 1 heterocycles. The van der Waals surface area contributed by atoms with Crippen molar-refractivity contribution in [3.63, 3.8) is 0 Å². The van der Waals surface area contributed by atoms with Crippen molar-refractivity contribution < 1.29 is 12.8 Å². The van der Waals surface area contributed by atoms with Gasteiger partial charge in [-0.25, -0.2) is 12.8 Å². The van der Waals surface area contributed by atoms with Crippen molar-refractivity contribution in [2.75, 3.05) is 19.6 Å². The molecule has 1 aliphatic heterocycles. The predicted molar refractivity (Wildman–Crippen MR) is 78.9 cm³/mol. The van der Waals surface area contributed by atoms with Gasteiger partial charge in [-0.05, 0) is 49.1 Å². The van der Waals surface area contributed by atoms with E-state index < -0.39 is 15.8 Å². The Hall–Kier alpha value is -0.690. The summed E-state index contributed by atoms with van der Waals surface area (Å²) in [5.74, 6) is -0.426. The van der Waals surface area contributed by atoms with Gasteiger partial charge in [0.25, 0.3) is 0 Å². The van der Waals surface area contributed by atoms with Crippen LogP contribution in [0.5, 0.6) is 0 Å². The molecule has 0 spiro atoms. The summed E-state index contributed by atoms with van der Waals surface area (Å²) >= 11 is 0. The van der Waals surface area contributed by atoms with E-state index >= 15 is 0 Å². The third kappa shape index (κ3) is 3.14. The summed E-state index contributed by atoms with van der Waals surface area (Å²) in [6.07, 6.45) is 0.753. The van der Waals surface area contributed by atoms with Crippen LogP contribution in [-0.2, 0) is 10.0 Å². The highest BCUT2D eigenvalue weighted by molar-refractivity contribution is 7.89. The van der Waals surface area contributed by atoms with Crippen LogP contribution in [-0.4, -0.2) is 32.4 Å². The summed E-state index contributed by atoms with van der Waals surface area (Å²) in [5.41, 5.74) is 5.96. The zero-order chi connectivity index (χ0) is 14.3. The van der Waals surface area contributed by atoms with Crippen molar-refractivity contribution in [2.24, 2.45) is 11.1 Å². The molecule has 2 rings (SSSR count). The number of aryl methyl sites for hydroxylation is 1. The fraction of sp³-hybridized carbons (Fsp3) is 0.538. The Kier molecular flexibility index (Phi) is 5.18. The molecule has 0 amide bonds. The lowest BCUT2D eigenvalue weighted by Gasteiger charge is -2.22. The minimum Gasteiger partial charge on any atom is -0.330 e.